The van der Waals surface area contributed by atoms with Crippen molar-refractivity contribution in [1.29, 1.82) is 0 Å². The van der Waals surface area contributed by atoms with Crippen molar-refractivity contribution in [2.45, 2.75) is 12.7 Å². The number of nitrogens with two attached hydrogens (primary N) is 1. The van der Waals surface area contributed by atoms with Crippen molar-refractivity contribution in [2.75, 3.05) is 6.54 Å². The second-order valence-corrected chi connectivity index (χ2v) is 5.03. The molecule has 0 aromatic heterocycles. The molecular formula is C15H15Cl2NO. The van der Waals surface area contributed by atoms with E-state index in [2.05, 4.69) is 0 Å². The first kappa shape index (κ1) is 14.4. The van der Waals surface area contributed by atoms with Crippen LogP contribution in [0, 0.1) is 0 Å². The van der Waals surface area contributed by atoms with Gasteiger partial charge < -0.3 is 10.5 Å². The van der Waals surface area contributed by atoms with Crippen molar-refractivity contribution < 1.29 is 4.74 Å². The van der Waals surface area contributed by atoms with Crippen LogP contribution < -0.4 is 5.73 Å². The lowest BCUT2D eigenvalue weighted by molar-refractivity contribution is 0.0457. The summed E-state index contributed by atoms with van der Waals surface area (Å²) in [5.74, 6) is 0. The number of ether oxygens (including phenoxy) is 1. The normalized spacial score (nSPS) is 12.4. The van der Waals surface area contributed by atoms with Gasteiger partial charge in [0.2, 0.25) is 0 Å². The Morgan fingerprint density at radius 3 is 2.32 bits per heavy atom. The highest BCUT2D eigenvalue weighted by Crippen LogP contribution is 2.25. The lowest BCUT2D eigenvalue weighted by Crippen LogP contribution is -2.16. The van der Waals surface area contributed by atoms with Gasteiger partial charge >= 0.3 is 0 Å². The maximum atomic E-state index is 6.15. The topological polar surface area (TPSA) is 35.2 Å². The first-order valence-corrected chi connectivity index (χ1v) is 6.77. The van der Waals surface area contributed by atoms with Gasteiger partial charge in [-0.3, -0.25) is 0 Å². The third kappa shape index (κ3) is 3.95. The fourth-order valence-corrected chi connectivity index (χ4v) is 2.18. The van der Waals surface area contributed by atoms with Crippen LogP contribution in [0.2, 0.25) is 10.0 Å². The molecule has 0 aliphatic carbocycles. The van der Waals surface area contributed by atoms with Crippen LogP contribution in [0.15, 0.2) is 48.5 Å². The summed E-state index contributed by atoms with van der Waals surface area (Å²) in [5, 5.41) is 1.39. The Morgan fingerprint density at radius 1 is 1.00 bits per heavy atom. The Hall–Kier alpha value is -1.06. The van der Waals surface area contributed by atoms with Crippen molar-refractivity contribution in [1.82, 2.24) is 0 Å². The van der Waals surface area contributed by atoms with Crippen LogP contribution in [0.25, 0.3) is 0 Å². The van der Waals surface area contributed by atoms with Gasteiger partial charge in [0, 0.05) is 22.2 Å². The lowest BCUT2D eigenvalue weighted by Gasteiger charge is -2.17. The zero-order chi connectivity index (χ0) is 13.7. The summed E-state index contributed by atoms with van der Waals surface area (Å²) in [6, 6.07) is 15.1. The zero-order valence-corrected chi connectivity index (χ0v) is 11.9. The van der Waals surface area contributed by atoms with Crippen LogP contribution in [0.4, 0.5) is 0 Å². The summed E-state index contributed by atoms with van der Waals surface area (Å²) < 4.78 is 5.83. The molecule has 0 radical (unpaired) electrons. The molecule has 0 bridgehead atoms. The highest BCUT2D eigenvalue weighted by molar-refractivity contribution is 6.31. The van der Waals surface area contributed by atoms with Gasteiger partial charge in [0.1, 0.15) is 0 Å². The molecule has 2 N–H and O–H groups in total. The quantitative estimate of drug-likeness (QED) is 0.897. The van der Waals surface area contributed by atoms with E-state index in [4.69, 9.17) is 33.7 Å². The molecule has 2 aromatic carbocycles. The van der Waals surface area contributed by atoms with Crippen molar-refractivity contribution in [2.24, 2.45) is 5.73 Å². The van der Waals surface area contributed by atoms with E-state index >= 15 is 0 Å². The molecule has 19 heavy (non-hydrogen) atoms. The minimum Gasteiger partial charge on any atom is -0.367 e. The summed E-state index contributed by atoms with van der Waals surface area (Å²) in [7, 11) is 0. The van der Waals surface area contributed by atoms with Gasteiger partial charge in [-0.05, 0) is 23.8 Å². The minimum atomic E-state index is -0.204. The maximum absolute atomic E-state index is 6.15. The van der Waals surface area contributed by atoms with Gasteiger partial charge in [0.25, 0.3) is 0 Å². The van der Waals surface area contributed by atoms with E-state index in [1.165, 1.54) is 0 Å². The Balaban J connectivity index is 2.04. The second kappa shape index (κ2) is 6.92. The van der Waals surface area contributed by atoms with Crippen LogP contribution >= 0.6 is 23.2 Å². The third-order valence-electron chi connectivity index (χ3n) is 2.83. The average molecular weight is 296 g/mol. The highest BCUT2D eigenvalue weighted by Gasteiger charge is 2.13. The Labute approximate surface area is 123 Å². The van der Waals surface area contributed by atoms with Gasteiger partial charge in [-0.15, -0.1) is 0 Å². The molecule has 0 saturated carbocycles. The molecule has 2 nitrogen and oxygen atoms in total. The van der Waals surface area contributed by atoms with Crippen molar-refractivity contribution in [3.05, 3.63) is 69.7 Å². The first-order valence-electron chi connectivity index (χ1n) is 6.01. The van der Waals surface area contributed by atoms with Crippen LogP contribution in [-0.4, -0.2) is 6.54 Å². The molecule has 100 valence electrons. The molecule has 4 heteroatoms. The van der Waals surface area contributed by atoms with Crippen LogP contribution in [0.1, 0.15) is 17.2 Å². The molecule has 0 amide bonds. The molecule has 0 aliphatic rings. The highest BCUT2D eigenvalue weighted by atomic mass is 35.5. The predicted molar refractivity (Wildman–Crippen MR) is 79.5 cm³/mol. The molecule has 0 aliphatic heterocycles. The van der Waals surface area contributed by atoms with Gasteiger partial charge in [-0.2, -0.15) is 0 Å². The summed E-state index contributed by atoms with van der Waals surface area (Å²) >= 11 is 12.0. The standard InChI is InChI=1S/C15H15Cl2NO/c16-12-7-5-11(6-8-12)10-19-15(9-18)13-3-1-2-4-14(13)17/h1-8,15H,9-10,18H2. The van der Waals surface area contributed by atoms with E-state index in [1.807, 2.05) is 48.5 Å². The van der Waals surface area contributed by atoms with Crippen molar-refractivity contribution in [3.63, 3.8) is 0 Å². The molecule has 0 saturated heterocycles. The molecule has 1 atom stereocenters. The minimum absolute atomic E-state index is 0.204. The molecule has 0 fully saturated rings. The van der Waals surface area contributed by atoms with Crippen molar-refractivity contribution >= 4 is 23.2 Å². The van der Waals surface area contributed by atoms with Crippen LogP contribution in [0.5, 0.6) is 0 Å². The second-order valence-electron chi connectivity index (χ2n) is 4.18. The van der Waals surface area contributed by atoms with Gasteiger partial charge in [-0.1, -0.05) is 53.5 Å². The van der Waals surface area contributed by atoms with E-state index in [1.54, 1.807) is 0 Å². The number of halogens is 2. The fraction of sp³-hybridized carbons (Fsp3) is 0.200. The smallest absolute Gasteiger partial charge is 0.0965 e. The molecule has 0 heterocycles. The van der Waals surface area contributed by atoms with E-state index < -0.39 is 0 Å². The van der Waals surface area contributed by atoms with Crippen LogP contribution in [-0.2, 0) is 11.3 Å². The van der Waals surface area contributed by atoms with Gasteiger partial charge in [-0.25, -0.2) is 0 Å². The zero-order valence-electron chi connectivity index (χ0n) is 10.4. The Kier molecular flexibility index (Phi) is 5.23. The van der Waals surface area contributed by atoms with Crippen molar-refractivity contribution in [3.8, 4) is 0 Å². The molecule has 0 spiro atoms. The van der Waals surface area contributed by atoms with Gasteiger partial charge in [0.05, 0.1) is 12.7 Å². The first-order chi connectivity index (χ1) is 9.20. The lowest BCUT2D eigenvalue weighted by atomic mass is 10.1. The fourth-order valence-electron chi connectivity index (χ4n) is 1.80. The number of rotatable bonds is 5. The largest absolute Gasteiger partial charge is 0.367 e. The summed E-state index contributed by atoms with van der Waals surface area (Å²) in [4.78, 5) is 0. The van der Waals surface area contributed by atoms with Crippen LogP contribution in [0.3, 0.4) is 0 Å². The van der Waals surface area contributed by atoms with E-state index in [-0.39, 0.29) is 6.10 Å². The summed E-state index contributed by atoms with van der Waals surface area (Å²) in [6.45, 7) is 0.863. The maximum Gasteiger partial charge on any atom is 0.0965 e. The number of hydrogen-bond donors (Lipinski definition) is 1. The monoisotopic (exact) mass is 295 g/mol. The Morgan fingerprint density at radius 2 is 1.68 bits per heavy atom. The predicted octanol–water partition coefficient (Wildman–Crippen LogP) is 4.21. The summed E-state index contributed by atoms with van der Waals surface area (Å²) in [5.41, 5.74) is 7.73. The summed E-state index contributed by atoms with van der Waals surface area (Å²) in [6.07, 6.45) is -0.204. The molecular weight excluding hydrogens is 281 g/mol. The van der Waals surface area contributed by atoms with Gasteiger partial charge in [0.15, 0.2) is 0 Å². The Bertz CT molecular complexity index is 528. The molecule has 2 rings (SSSR count). The average Bonchev–Trinajstić information content (AvgIpc) is 2.43. The SMILES string of the molecule is NCC(OCc1ccc(Cl)cc1)c1ccccc1Cl. The molecule has 1 unspecified atom stereocenters. The number of benzene rings is 2. The van der Waals surface area contributed by atoms with E-state index in [0.717, 1.165) is 11.1 Å². The van der Waals surface area contributed by atoms with E-state index in [0.29, 0.717) is 23.2 Å². The molecule has 2 aromatic rings. The number of hydrogen-bond acceptors (Lipinski definition) is 2. The third-order valence-corrected chi connectivity index (χ3v) is 3.43. The van der Waals surface area contributed by atoms with E-state index in [9.17, 15) is 0 Å².